The second-order valence-corrected chi connectivity index (χ2v) is 3.99. The largest absolute Gasteiger partial charge is 0.481 e. The Balaban J connectivity index is 2.11. The van der Waals surface area contributed by atoms with Gasteiger partial charge < -0.3 is 10.4 Å². The molecule has 80 valence electrons. The quantitative estimate of drug-likeness (QED) is 0.791. The third kappa shape index (κ3) is 2.36. The lowest BCUT2D eigenvalue weighted by Gasteiger charge is -2.18. The number of aliphatic carboxylic acids is 1. The number of rotatable bonds is 3. The van der Waals surface area contributed by atoms with Gasteiger partial charge in [0.1, 0.15) is 0 Å². The highest BCUT2D eigenvalue weighted by Gasteiger charge is 2.29. The van der Waals surface area contributed by atoms with E-state index in [1.165, 1.54) is 5.56 Å². The van der Waals surface area contributed by atoms with Gasteiger partial charge in [-0.1, -0.05) is 30.3 Å². The van der Waals surface area contributed by atoms with E-state index < -0.39 is 5.97 Å². The number of carboxylic acids is 1. The van der Waals surface area contributed by atoms with Gasteiger partial charge in [0.25, 0.3) is 0 Å². The zero-order valence-electron chi connectivity index (χ0n) is 8.52. The van der Waals surface area contributed by atoms with Crippen LogP contribution in [-0.2, 0) is 4.79 Å². The van der Waals surface area contributed by atoms with Gasteiger partial charge in [-0.05, 0) is 24.4 Å². The van der Waals surface area contributed by atoms with Crippen LogP contribution in [-0.4, -0.2) is 17.6 Å². The maximum atomic E-state index is 10.7. The zero-order chi connectivity index (χ0) is 10.7. The molecule has 1 saturated heterocycles. The average Bonchev–Trinajstić information content (AvgIpc) is 2.66. The molecule has 2 atom stereocenters. The highest BCUT2D eigenvalue weighted by molar-refractivity contribution is 5.67. The van der Waals surface area contributed by atoms with Crippen LogP contribution in [0.4, 0.5) is 0 Å². The molecule has 0 unspecified atom stereocenters. The Morgan fingerprint density at radius 2 is 2.13 bits per heavy atom. The molecule has 1 aliphatic rings. The molecule has 0 spiro atoms. The van der Waals surface area contributed by atoms with Gasteiger partial charge in [-0.2, -0.15) is 0 Å². The van der Waals surface area contributed by atoms with Crippen LogP contribution in [0, 0.1) is 5.92 Å². The van der Waals surface area contributed by atoms with E-state index in [9.17, 15) is 4.79 Å². The van der Waals surface area contributed by atoms with E-state index in [-0.39, 0.29) is 18.4 Å². The topological polar surface area (TPSA) is 49.3 Å². The highest BCUT2D eigenvalue weighted by Crippen LogP contribution is 2.31. The van der Waals surface area contributed by atoms with Gasteiger partial charge in [-0.15, -0.1) is 0 Å². The van der Waals surface area contributed by atoms with Crippen LogP contribution in [0.15, 0.2) is 30.3 Å². The summed E-state index contributed by atoms with van der Waals surface area (Å²) in [6.45, 7) is 0.914. The smallest absolute Gasteiger partial charge is 0.303 e. The maximum absolute atomic E-state index is 10.7. The number of benzene rings is 1. The summed E-state index contributed by atoms with van der Waals surface area (Å²) in [7, 11) is 0. The number of hydrogen-bond donors (Lipinski definition) is 2. The Hall–Kier alpha value is -1.35. The van der Waals surface area contributed by atoms with E-state index in [1.54, 1.807) is 0 Å². The number of hydrogen-bond acceptors (Lipinski definition) is 2. The number of carbonyl (C=O) groups is 1. The fraction of sp³-hybridized carbons (Fsp3) is 0.417. The molecule has 3 nitrogen and oxygen atoms in total. The van der Waals surface area contributed by atoms with Crippen LogP contribution in [0.1, 0.15) is 24.4 Å². The predicted octanol–water partition coefficient (Wildman–Crippen LogP) is 1.81. The van der Waals surface area contributed by atoms with E-state index in [2.05, 4.69) is 17.4 Å². The van der Waals surface area contributed by atoms with Crippen LogP contribution in [0.3, 0.4) is 0 Å². The second kappa shape index (κ2) is 4.45. The molecule has 1 aromatic carbocycles. The van der Waals surface area contributed by atoms with Gasteiger partial charge in [0.05, 0.1) is 6.42 Å². The average molecular weight is 205 g/mol. The fourth-order valence-electron chi connectivity index (χ4n) is 2.25. The minimum absolute atomic E-state index is 0.210. The van der Waals surface area contributed by atoms with Crippen molar-refractivity contribution in [3.63, 3.8) is 0 Å². The van der Waals surface area contributed by atoms with Crippen LogP contribution in [0.25, 0.3) is 0 Å². The molecule has 1 aromatic rings. The van der Waals surface area contributed by atoms with Gasteiger partial charge in [-0.25, -0.2) is 0 Å². The summed E-state index contributed by atoms with van der Waals surface area (Å²) in [6, 6.07) is 10.3. The molecule has 0 radical (unpaired) electrons. The van der Waals surface area contributed by atoms with Crippen LogP contribution < -0.4 is 5.32 Å². The molecule has 15 heavy (non-hydrogen) atoms. The summed E-state index contributed by atoms with van der Waals surface area (Å²) in [6.07, 6.45) is 1.21. The third-order valence-corrected chi connectivity index (χ3v) is 2.95. The first kappa shape index (κ1) is 10.2. The SMILES string of the molecule is O=C(O)C[C@@H]1CCN[C@H]1c1ccccc1. The second-order valence-electron chi connectivity index (χ2n) is 3.99. The van der Waals surface area contributed by atoms with Gasteiger partial charge in [-0.3, -0.25) is 4.79 Å². The Kier molecular flexibility index (Phi) is 3.02. The van der Waals surface area contributed by atoms with Crippen molar-refractivity contribution in [3.05, 3.63) is 35.9 Å². The van der Waals surface area contributed by atoms with Crippen molar-refractivity contribution in [1.29, 1.82) is 0 Å². The van der Waals surface area contributed by atoms with Crippen molar-refractivity contribution in [2.75, 3.05) is 6.54 Å². The zero-order valence-corrected chi connectivity index (χ0v) is 8.52. The Morgan fingerprint density at radius 1 is 1.40 bits per heavy atom. The van der Waals surface area contributed by atoms with Crippen molar-refractivity contribution in [2.45, 2.75) is 18.9 Å². The molecule has 1 aliphatic heterocycles. The van der Waals surface area contributed by atoms with Crippen molar-refractivity contribution in [2.24, 2.45) is 5.92 Å². The van der Waals surface area contributed by atoms with Crippen molar-refractivity contribution in [3.8, 4) is 0 Å². The molecule has 0 saturated carbocycles. The lowest BCUT2D eigenvalue weighted by molar-refractivity contribution is -0.138. The van der Waals surface area contributed by atoms with Crippen molar-refractivity contribution >= 4 is 5.97 Å². The molecular formula is C12H15NO2. The molecule has 1 fully saturated rings. The van der Waals surface area contributed by atoms with E-state index >= 15 is 0 Å². The molecule has 3 heteroatoms. The van der Waals surface area contributed by atoms with Crippen molar-refractivity contribution in [1.82, 2.24) is 5.32 Å². The molecule has 0 aromatic heterocycles. The lowest BCUT2D eigenvalue weighted by Crippen LogP contribution is -2.19. The van der Waals surface area contributed by atoms with Gasteiger partial charge in [0.15, 0.2) is 0 Å². The van der Waals surface area contributed by atoms with E-state index in [0.717, 1.165) is 13.0 Å². The van der Waals surface area contributed by atoms with E-state index in [0.29, 0.717) is 0 Å². The lowest BCUT2D eigenvalue weighted by atomic mass is 9.92. The summed E-state index contributed by atoms with van der Waals surface area (Å²) >= 11 is 0. The first-order valence-corrected chi connectivity index (χ1v) is 5.27. The first-order valence-electron chi connectivity index (χ1n) is 5.27. The summed E-state index contributed by atoms with van der Waals surface area (Å²) < 4.78 is 0. The third-order valence-electron chi connectivity index (χ3n) is 2.95. The van der Waals surface area contributed by atoms with Crippen LogP contribution in [0.2, 0.25) is 0 Å². The normalized spacial score (nSPS) is 25.3. The Labute approximate surface area is 89.1 Å². The van der Waals surface area contributed by atoms with Crippen LogP contribution >= 0.6 is 0 Å². The highest BCUT2D eigenvalue weighted by atomic mass is 16.4. The molecule has 1 heterocycles. The monoisotopic (exact) mass is 205 g/mol. The fourth-order valence-corrected chi connectivity index (χ4v) is 2.25. The summed E-state index contributed by atoms with van der Waals surface area (Å²) in [5.74, 6) is -0.477. The molecule has 0 bridgehead atoms. The Bertz CT molecular complexity index is 337. The standard InChI is InChI=1S/C12H15NO2/c14-11(15)8-10-6-7-13-12(10)9-4-2-1-3-5-9/h1-5,10,12-13H,6-8H2,(H,14,15)/t10-,12-/m0/s1. The summed E-state index contributed by atoms with van der Waals surface area (Å²) in [5, 5.41) is 12.2. The van der Waals surface area contributed by atoms with E-state index in [4.69, 9.17) is 5.11 Å². The minimum Gasteiger partial charge on any atom is -0.481 e. The molecule has 0 aliphatic carbocycles. The molecule has 2 rings (SSSR count). The molecular weight excluding hydrogens is 190 g/mol. The first-order chi connectivity index (χ1) is 7.27. The van der Waals surface area contributed by atoms with Gasteiger partial charge in [0, 0.05) is 6.04 Å². The van der Waals surface area contributed by atoms with E-state index in [1.807, 2.05) is 18.2 Å². The van der Waals surface area contributed by atoms with Gasteiger partial charge in [0.2, 0.25) is 0 Å². The summed E-state index contributed by atoms with van der Waals surface area (Å²) in [5.41, 5.74) is 1.20. The number of carboxylic acid groups (broad SMARTS) is 1. The van der Waals surface area contributed by atoms with Crippen LogP contribution in [0.5, 0.6) is 0 Å². The predicted molar refractivity (Wildman–Crippen MR) is 57.5 cm³/mol. The molecule has 0 amide bonds. The van der Waals surface area contributed by atoms with Gasteiger partial charge >= 0.3 is 5.97 Å². The number of nitrogens with one attached hydrogen (secondary N) is 1. The Morgan fingerprint density at radius 3 is 2.80 bits per heavy atom. The molecule has 2 N–H and O–H groups in total. The summed E-state index contributed by atoms with van der Waals surface area (Å²) in [4.78, 5) is 10.7. The maximum Gasteiger partial charge on any atom is 0.303 e. The van der Waals surface area contributed by atoms with Crippen molar-refractivity contribution < 1.29 is 9.90 Å². The minimum atomic E-state index is -0.704.